The Kier molecular flexibility index (Phi) is 22.3. The highest BCUT2D eigenvalue weighted by molar-refractivity contribution is 7.99. The highest BCUT2D eigenvalue weighted by Crippen LogP contribution is 2.01. The van der Waals surface area contributed by atoms with Crippen molar-refractivity contribution in [2.75, 3.05) is 57.6 Å². The van der Waals surface area contributed by atoms with E-state index >= 15 is 0 Å². The number of nitrogens with one attached hydrogen (secondary N) is 1. The summed E-state index contributed by atoms with van der Waals surface area (Å²) in [7, 11) is 0. The lowest BCUT2D eigenvalue weighted by atomic mass is 10.4. The van der Waals surface area contributed by atoms with Gasteiger partial charge in [0.25, 0.3) is 0 Å². The smallest absolute Gasteiger partial charge is 0.207 e. The molecule has 0 heterocycles. The summed E-state index contributed by atoms with van der Waals surface area (Å²) >= 11 is 1.76. The highest BCUT2D eigenvalue weighted by atomic mass is 32.2. The molecule has 0 bridgehead atoms. The van der Waals surface area contributed by atoms with Crippen LogP contribution in [0, 0.1) is 0 Å². The second kappa shape index (κ2) is 20.6. The van der Waals surface area contributed by atoms with E-state index in [1.54, 1.807) is 11.8 Å². The summed E-state index contributed by atoms with van der Waals surface area (Å²) < 4.78 is 10.1. The van der Waals surface area contributed by atoms with E-state index in [0.29, 0.717) is 52.5 Å². The van der Waals surface area contributed by atoms with Gasteiger partial charge in [-0.25, -0.2) is 0 Å². The van der Waals surface area contributed by atoms with Crippen LogP contribution in [-0.4, -0.2) is 76.1 Å². The largest absolute Gasteiger partial charge is 0.378 e. The summed E-state index contributed by atoms with van der Waals surface area (Å²) in [5, 5.41) is 2.48. The molecule has 9 heteroatoms. The number of ether oxygens (including phenoxy) is 2. The summed E-state index contributed by atoms with van der Waals surface area (Å²) in [5.41, 5.74) is 21.6. The van der Waals surface area contributed by atoms with Crippen LogP contribution in [0.15, 0.2) is 0 Å². The van der Waals surface area contributed by atoms with E-state index < -0.39 is 0 Å². The maximum absolute atomic E-state index is 9.77. The third-order valence-corrected chi connectivity index (χ3v) is 3.55. The Morgan fingerprint density at radius 2 is 1.73 bits per heavy atom. The van der Waals surface area contributed by atoms with Gasteiger partial charge in [-0.1, -0.05) is 0 Å². The Morgan fingerprint density at radius 1 is 1.09 bits per heavy atom. The first kappa shape index (κ1) is 23.8. The van der Waals surface area contributed by atoms with Crippen molar-refractivity contribution in [1.82, 2.24) is 5.32 Å². The van der Waals surface area contributed by atoms with Gasteiger partial charge in [-0.05, 0) is 6.92 Å². The van der Waals surface area contributed by atoms with Gasteiger partial charge in [0.2, 0.25) is 6.41 Å². The summed E-state index contributed by atoms with van der Waals surface area (Å²) in [4.78, 5) is 9.77. The summed E-state index contributed by atoms with van der Waals surface area (Å²) in [6.07, 6.45) is 0.647. The van der Waals surface area contributed by atoms with E-state index in [9.17, 15) is 4.79 Å². The topological polar surface area (TPSA) is 152 Å². The number of hydrogen-bond donors (Lipinski definition) is 5. The molecule has 134 valence electrons. The quantitative estimate of drug-likeness (QED) is 0.181. The predicted molar refractivity (Wildman–Crippen MR) is 92.8 cm³/mol. The molecule has 0 aromatic rings. The lowest BCUT2D eigenvalue weighted by Crippen LogP contribution is -2.32. The summed E-state index contributed by atoms with van der Waals surface area (Å²) in [6.45, 7) is 5.81. The Morgan fingerprint density at radius 3 is 2.23 bits per heavy atom. The lowest BCUT2D eigenvalue weighted by molar-refractivity contribution is -0.109. The first-order valence-corrected chi connectivity index (χ1v) is 8.55. The molecule has 8 nitrogen and oxygen atoms in total. The van der Waals surface area contributed by atoms with E-state index in [1.165, 1.54) is 0 Å². The zero-order valence-electron chi connectivity index (χ0n) is 13.5. The maximum atomic E-state index is 9.77. The van der Waals surface area contributed by atoms with Gasteiger partial charge in [0.1, 0.15) is 0 Å². The van der Waals surface area contributed by atoms with Crippen molar-refractivity contribution < 1.29 is 14.3 Å². The number of carbonyl (C=O) groups is 1. The molecule has 0 fully saturated rings. The van der Waals surface area contributed by atoms with Crippen molar-refractivity contribution in [1.29, 1.82) is 0 Å². The normalized spacial score (nSPS) is 13.0. The number of carbonyl (C=O) groups excluding carboxylic acids is 1. The molecule has 0 radical (unpaired) electrons. The standard InChI is InChI=1S/C7H16N2O3.C6H17N3S/c8-1-3-11-5-6-12-4-2-9-7-10;1-5(8)3-10-4-6(9)2-7/h7H,1-6,8H2,(H,9,10);5-6H,2-4,7-9H2,1H3. The van der Waals surface area contributed by atoms with Crippen LogP contribution in [0.4, 0.5) is 0 Å². The minimum absolute atomic E-state index is 0.128. The zero-order chi connectivity index (χ0) is 17.1. The van der Waals surface area contributed by atoms with Gasteiger partial charge in [-0.15, -0.1) is 0 Å². The molecule has 22 heavy (non-hydrogen) atoms. The molecule has 0 spiro atoms. The molecular weight excluding hydrogens is 306 g/mol. The molecule has 2 unspecified atom stereocenters. The fraction of sp³-hybridized carbons (Fsp3) is 0.923. The van der Waals surface area contributed by atoms with Gasteiger partial charge < -0.3 is 37.7 Å². The van der Waals surface area contributed by atoms with E-state index in [0.717, 1.165) is 11.5 Å². The van der Waals surface area contributed by atoms with Crippen LogP contribution in [0.1, 0.15) is 6.92 Å². The predicted octanol–water partition coefficient (Wildman–Crippen LogP) is -1.92. The van der Waals surface area contributed by atoms with Crippen molar-refractivity contribution >= 4 is 18.2 Å². The second-order valence-electron chi connectivity index (χ2n) is 4.60. The van der Waals surface area contributed by atoms with Gasteiger partial charge in [-0.3, -0.25) is 4.79 Å². The zero-order valence-corrected chi connectivity index (χ0v) is 14.4. The third kappa shape index (κ3) is 24.6. The van der Waals surface area contributed by atoms with Gasteiger partial charge in [0, 0.05) is 43.2 Å². The molecule has 0 rings (SSSR count). The lowest BCUT2D eigenvalue weighted by Gasteiger charge is -2.08. The van der Waals surface area contributed by atoms with E-state index in [4.69, 9.17) is 32.4 Å². The molecule has 0 aliphatic carbocycles. The fourth-order valence-corrected chi connectivity index (χ4v) is 2.02. The van der Waals surface area contributed by atoms with Gasteiger partial charge in [0.15, 0.2) is 0 Å². The molecule has 0 aliphatic rings. The molecule has 9 N–H and O–H groups in total. The number of rotatable bonds is 14. The van der Waals surface area contributed by atoms with Crippen molar-refractivity contribution in [3.8, 4) is 0 Å². The molecule has 0 aliphatic heterocycles. The Hall–Kier alpha value is -0.420. The van der Waals surface area contributed by atoms with Crippen LogP contribution in [0.25, 0.3) is 0 Å². The van der Waals surface area contributed by atoms with Crippen LogP contribution >= 0.6 is 11.8 Å². The number of amides is 1. The van der Waals surface area contributed by atoms with E-state index in [1.807, 2.05) is 6.92 Å². The Bertz CT molecular complexity index is 226. The molecule has 0 aromatic carbocycles. The SMILES string of the molecule is CC(N)CSCC(N)CN.NCCOCCOCCNC=O. The van der Waals surface area contributed by atoms with Crippen LogP contribution in [-0.2, 0) is 14.3 Å². The fourth-order valence-electron chi connectivity index (χ4n) is 1.07. The average Bonchev–Trinajstić information content (AvgIpc) is 2.50. The van der Waals surface area contributed by atoms with Gasteiger partial charge in [0.05, 0.1) is 26.4 Å². The van der Waals surface area contributed by atoms with Crippen LogP contribution in [0.5, 0.6) is 0 Å². The first-order chi connectivity index (χ1) is 10.6. The van der Waals surface area contributed by atoms with Crippen LogP contribution < -0.4 is 28.3 Å². The highest BCUT2D eigenvalue weighted by Gasteiger charge is 1.99. The van der Waals surface area contributed by atoms with Crippen molar-refractivity contribution in [2.45, 2.75) is 19.0 Å². The maximum Gasteiger partial charge on any atom is 0.207 e. The third-order valence-electron chi connectivity index (χ3n) is 2.12. The van der Waals surface area contributed by atoms with Crippen molar-refractivity contribution in [3.05, 3.63) is 0 Å². The minimum atomic E-state index is 0.128. The molecule has 0 aromatic heterocycles. The molecule has 0 saturated carbocycles. The number of hydrogen-bond acceptors (Lipinski definition) is 8. The van der Waals surface area contributed by atoms with Gasteiger partial charge in [-0.2, -0.15) is 11.8 Å². The second-order valence-corrected chi connectivity index (χ2v) is 5.67. The van der Waals surface area contributed by atoms with Crippen molar-refractivity contribution in [2.24, 2.45) is 22.9 Å². The Labute approximate surface area is 138 Å². The molecular formula is C13H33N5O3S. The minimum Gasteiger partial charge on any atom is -0.378 e. The first-order valence-electron chi connectivity index (χ1n) is 7.40. The molecule has 2 atom stereocenters. The average molecular weight is 340 g/mol. The molecule has 0 saturated heterocycles. The van der Waals surface area contributed by atoms with Gasteiger partial charge >= 0.3 is 0 Å². The van der Waals surface area contributed by atoms with E-state index in [2.05, 4.69) is 5.32 Å². The Balaban J connectivity index is 0. The van der Waals surface area contributed by atoms with Crippen molar-refractivity contribution in [3.63, 3.8) is 0 Å². The summed E-state index contributed by atoms with van der Waals surface area (Å²) in [6, 6.07) is 0.388. The number of nitrogens with two attached hydrogens (primary N) is 4. The monoisotopic (exact) mass is 339 g/mol. The summed E-state index contributed by atoms with van der Waals surface area (Å²) in [5.74, 6) is 1.88. The molecule has 1 amide bonds. The van der Waals surface area contributed by atoms with E-state index in [-0.39, 0.29) is 12.1 Å². The van der Waals surface area contributed by atoms with Crippen LogP contribution in [0.3, 0.4) is 0 Å². The van der Waals surface area contributed by atoms with Crippen LogP contribution in [0.2, 0.25) is 0 Å². The number of thioether (sulfide) groups is 1.